The molecule has 0 saturated carbocycles. The summed E-state index contributed by atoms with van der Waals surface area (Å²) in [6, 6.07) is 7.06. The maximum atomic E-state index is 13.1. The number of aliphatic hydroxyl groups excluding tert-OH is 5. The predicted molar refractivity (Wildman–Crippen MR) is 101 cm³/mol. The van der Waals surface area contributed by atoms with E-state index in [1.54, 1.807) is 6.07 Å². The van der Waals surface area contributed by atoms with Crippen molar-refractivity contribution in [2.45, 2.75) is 43.0 Å². The molecule has 0 spiro atoms. The van der Waals surface area contributed by atoms with Crippen molar-refractivity contribution in [3.63, 3.8) is 0 Å². The number of fused-ring (bicyclic) bond motifs is 2. The van der Waals surface area contributed by atoms with Gasteiger partial charge >= 0.3 is 0 Å². The van der Waals surface area contributed by atoms with E-state index in [1.807, 2.05) is 0 Å². The van der Waals surface area contributed by atoms with E-state index in [2.05, 4.69) is 0 Å². The second-order valence-electron chi connectivity index (χ2n) is 7.58. The van der Waals surface area contributed by atoms with Crippen LogP contribution in [0.25, 0.3) is 0 Å². The fourth-order valence-corrected chi connectivity index (χ4v) is 4.41. The molecule has 6 atom stereocenters. The third-order valence-corrected chi connectivity index (χ3v) is 5.85. The molecule has 0 aromatic heterocycles. The largest absolute Gasteiger partial charge is 0.507 e. The molecule has 9 nitrogen and oxygen atoms in total. The van der Waals surface area contributed by atoms with Gasteiger partial charge in [0.25, 0.3) is 0 Å². The molecule has 1 heterocycles. The van der Waals surface area contributed by atoms with E-state index < -0.39 is 61.2 Å². The monoisotopic (exact) mass is 418 g/mol. The highest BCUT2D eigenvalue weighted by molar-refractivity contribution is 6.16. The number of aromatic hydroxyl groups is 2. The molecule has 1 aliphatic carbocycles. The lowest BCUT2D eigenvalue weighted by Gasteiger charge is -2.45. The van der Waals surface area contributed by atoms with Crippen LogP contribution >= 0.6 is 0 Å². The lowest BCUT2D eigenvalue weighted by Crippen LogP contribution is -2.60. The average molecular weight is 418 g/mol. The van der Waals surface area contributed by atoms with Gasteiger partial charge in [0.05, 0.1) is 30.4 Å². The Bertz CT molecular complexity index is 987. The van der Waals surface area contributed by atoms with E-state index in [-0.39, 0.29) is 28.0 Å². The van der Waals surface area contributed by atoms with Crippen LogP contribution in [0.1, 0.15) is 38.5 Å². The first kappa shape index (κ1) is 20.7. The van der Waals surface area contributed by atoms with Gasteiger partial charge in [-0.05, 0) is 28.8 Å². The molecule has 2 aromatic rings. The van der Waals surface area contributed by atoms with Gasteiger partial charge in [0, 0.05) is 5.92 Å². The van der Waals surface area contributed by atoms with Crippen molar-refractivity contribution in [3.05, 3.63) is 58.1 Å². The number of phenols is 2. The second-order valence-corrected chi connectivity index (χ2v) is 7.58. The standard InChI is InChI=1S/C21H22O9/c22-6-8-4-10-14(21-20(29)19(28)17(26)13(7-23)30-21)9-2-1-3-11(24)15(9)18(27)16(10)12(25)5-8/h1-5,13-14,17,19-26,28-29H,6-7H2/t13-,14+,17-,19+,20-,21?/m0/s1. The van der Waals surface area contributed by atoms with Gasteiger partial charge in [-0.15, -0.1) is 0 Å². The third-order valence-electron chi connectivity index (χ3n) is 5.85. The summed E-state index contributed by atoms with van der Waals surface area (Å²) >= 11 is 0. The first-order valence-corrected chi connectivity index (χ1v) is 9.43. The second kappa shape index (κ2) is 7.62. The van der Waals surface area contributed by atoms with Crippen LogP contribution in [-0.2, 0) is 11.3 Å². The van der Waals surface area contributed by atoms with Crippen molar-refractivity contribution >= 4 is 5.78 Å². The van der Waals surface area contributed by atoms with Gasteiger partial charge in [-0.25, -0.2) is 0 Å². The highest BCUT2D eigenvalue weighted by atomic mass is 16.5. The molecule has 0 bridgehead atoms. The number of carbonyl (C=O) groups is 1. The molecule has 2 aromatic carbocycles. The number of rotatable bonds is 3. The SMILES string of the molecule is O=C1c2c(O)cccc2[C@@H](C2O[C@@H](CO)[C@H](O)[C@@H](O)[C@@H]2O)c2cc(CO)cc(O)c21. The number of ketones is 1. The fourth-order valence-electron chi connectivity index (χ4n) is 4.41. The van der Waals surface area contributed by atoms with E-state index >= 15 is 0 Å². The van der Waals surface area contributed by atoms with Crippen molar-refractivity contribution in [3.8, 4) is 11.5 Å². The van der Waals surface area contributed by atoms with Crippen LogP contribution in [0.15, 0.2) is 30.3 Å². The number of ether oxygens (including phenoxy) is 1. The van der Waals surface area contributed by atoms with E-state index in [1.165, 1.54) is 24.3 Å². The molecule has 1 aliphatic heterocycles. The maximum Gasteiger partial charge on any atom is 0.201 e. The number of benzene rings is 2. The van der Waals surface area contributed by atoms with Crippen LogP contribution in [0.5, 0.6) is 11.5 Å². The highest BCUT2D eigenvalue weighted by Gasteiger charge is 2.50. The molecular formula is C21H22O9. The van der Waals surface area contributed by atoms with Crippen molar-refractivity contribution in [1.82, 2.24) is 0 Å². The predicted octanol–water partition coefficient (Wildman–Crippen LogP) is -0.891. The molecule has 1 unspecified atom stereocenters. The minimum atomic E-state index is -1.64. The normalized spacial score (nSPS) is 30.6. The maximum absolute atomic E-state index is 13.1. The van der Waals surface area contributed by atoms with Crippen LogP contribution in [0.4, 0.5) is 0 Å². The Kier molecular flexibility index (Phi) is 5.27. The van der Waals surface area contributed by atoms with Crippen LogP contribution < -0.4 is 0 Å². The summed E-state index contributed by atoms with van der Waals surface area (Å²) in [5.74, 6) is -2.34. The smallest absolute Gasteiger partial charge is 0.201 e. The zero-order valence-corrected chi connectivity index (χ0v) is 15.7. The van der Waals surface area contributed by atoms with Gasteiger partial charge in [0.15, 0.2) is 0 Å². The Balaban J connectivity index is 1.96. The highest BCUT2D eigenvalue weighted by Crippen LogP contribution is 2.47. The zero-order chi connectivity index (χ0) is 21.7. The molecule has 1 fully saturated rings. The summed E-state index contributed by atoms with van der Waals surface area (Å²) in [6.45, 7) is -1.06. The van der Waals surface area contributed by atoms with Gasteiger partial charge in [-0.1, -0.05) is 18.2 Å². The molecule has 7 N–H and O–H groups in total. The van der Waals surface area contributed by atoms with Crippen molar-refractivity contribution in [1.29, 1.82) is 0 Å². The van der Waals surface area contributed by atoms with Crippen LogP contribution in [0, 0.1) is 0 Å². The Labute approximate surface area is 171 Å². The summed E-state index contributed by atoms with van der Waals surface area (Å²) in [7, 11) is 0. The number of aliphatic hydroxyl groups is 5. The summed E-state index contributed by atoms with van der Waals surface area (Å²) in [5.41, 5.74) is 0.609. The molecule has 2 aliphatic rings. The van der Waals surface area contributed by atoms with Crippen molar-refractivity contribution in [2.24, 2.45) is 0 Å². The van der Waals surface area contributed by atoms with Crippen LogP contribution in [-0.4, -0.2) is 78.7 Å². The van der Waals surface area contributed by atoms with E-state index in [0.717, 1.165) is 0 Å². The first-order valence-electron chi connectivity index (χ1n) is 9.43. The van der Waals surface area contributed by atoms with E-state index in [0.29, 0.717) is 5.56 Å². The molecule has 160 valence electrons. The summed E-state index contributed by atoms with van der Waals surface area (Å²) in [4.78, 5) is 13.1. The minimum absolute atomic E-state index is 0.0843. The quantitative estimate of drug-likeness (QED) is 0.334. The Morgan fingerprint density at radius 3 is 2.23 bits per heavy atom. The summed E-state index contributed by atoms with van der Waals surface area (Å²) < 4.78 is 5.73. The van der Waals surface area contributed by atoms with Gasteiger partial charge in [0.1, 0.15) is 35.9 Å². The first-order chi connectivity index (χ1) is 14.3. The van der Waals surface area contributed by atoms with Crippen molar-refractivity contribution < 1.29 is 45.3 Å². The molecule has 9 heteroatoms. The average Bonchev–Trinajstić information content (AvgIpc) is 2.73. The summed E-state index contributed by atoms with van der Waals surface area (Å²) in [5, 5.41) is 71.0. The summed E-state index contributed by atoms with van der Waals surface area (Å²) in [6.07, 6.45) is -7.22. The Hall–Kier alpha value is -2.53. The van der Waals surface area contributed by atoms with Gasteiger partial charge in [-0.2, -0.15) is 0 Å². The van der Waals surface area contributed by atoms with Crippen LogP contribution in [0.2, 0.25) is 0 Å². The molecule has 4 rings (SSSR count). The molecular weight excluding hydrogens is 396 g/mol. The van der Waals surface area contributed by atoms with Gasteiger partial charge in [-0.3, -0.25) is 4.79 Å². The topological polar surface area (TPSA) is 168 Å². The molecule has 0 radical (unpaired) electrons. The number of hydrogen-bond donors (Lipinski definition) is 7. The van der Waals surface area contributed by atoms with E-state index in [4.69, 9.17) is 4.74 Å². The number of carbonyl (C=O) groups excluding carboxylic acids is 1. The number of phenolic OH excluding ortho intramolecular Hbond substituents is 2. The lowest BCUT2D eigenvalue weighted by molar-refractivity contribution is -0.232. The molecule has 0 amide bonds. The van der Waals surface area contributed by atoms with Gasteiger partial charge < -0.3 is 40.5 Å². The third kappa shape index (κ3) is 2.99. The van der Waals surface area contributed by atoms with Crippen LogP contribution in [0.3, 0.4) is 0 Å². The molecule has 30 heavy (non-hydrogen) atoms. The fraction of sp³-hybridized carbons (Fsp3) is 0.381. The van der Waals surface area contributed by atoms with Gasteiger partial charge in [0.2, 0.25) is 5.78 Å². The number of hydrogen-bond acceptors (Lipinski definition) is 9. The Morgan fingerprint density at radius 2 is 1.57 bits per heavy atom. The zero-order valence-electron chi connectivity index (χ0n) is 15.7. The van der Waals surface area contributed by atoms with E-state index in [9.17, 15) is 40.5 Å². The Morgan fingerprint density at radius 1 is 0.867 bits per heavy atom. The minimum Gasteiger partial charge on any atom is -0.507 e. The van der Waals surface area contributed by atoms with Crippen molar-refractivity contribution in [2.75, 3.05) is 6.61 Å². The lowest BCUT2D eigenvalue weighted by atomic mass is 9.71. The molecule has 1 saturated heterocycles.